The molecule has 0 aliphatic carbocycles. The number of unbranched alkanes of at least 4 members (excludes halogenated alkanes) is 2. The van der Waals surface area contributed by atoms with Crippen molar-refractivity contribution in [2.75, 3.05) is 5.33 Å². The van der Waals surface area contributed by atoms with E-state index >= 15 is 0 Å². The number of alkyl halides is 1. The summed E-state index contributed by atoms with van der Waals surface area (Å²) >= 11 is 3.40. The van der Waals surface area contributed by atoms with E-state index in [0.29, 0.717) is 0 Å². The highest BCUT2D eigenvalue weighted by Gasteiger charge is 1.83. The van der Waals surface area contributed by atoms with E-state index in [1.165, 1.54) is 24.8 Å². The molecule has 0 saturated heterocycles. The van der Waals surface area contributed by atoms with Gasteiger partial charge in [0.1, 0.15) is 0 Å². The molecule has 1 heteroatoms. The SMILES string of the molecule is CCCCC=C(C)CBr. The summed E-state index contributed by atoms with van der Waals surface area (Å²) in [5, 5.41) is 1.02. The first kappa shape index (κ1) is 9.22. The van der Waals surface area contributed by atoms with Crippen LogP contribution in [-0.4, -0.2) is 5.33 Å². The Morgan fingerprint density at radius 3 is 2.67 bits per heavy atom. The maximum absolute atomic E-state index is 3.40. The number of hydrogen-bond donors (Lipinski definition) is 0. The fourth-order valence-electron chi connectivity index (χ4n) is 0.607. The predicted molar refractivity (Wildman–Crippen MR) is 47.1 cm³/mol. The lowest BCUT2D eigenvalue weighted by atomic mass is 10.2. The minimum absolute atomic E-state index is 1.02. The Bertz CT molecular complexity index is 84.6. The standard InChI is InChI=1S/C8H15Br/c1-3-4-5-6-8(2)7-9/h6H,3-5,7H2,1-2H3. The molecule has 54 valence electrons. The van der Waals surface area contributed by atoms with Crippen LogP contribution < -0.4 is 0 Å². The second kappa shape index (κ2) is 6.34. The van der Waals surface area contributed by atoms with Crippen LogP contribution in [-0.2, 0) is 0 Å². The molecular weight excluding hydrogens is 176 g/mol. The van der Waals surface area contributed by atoms with Gasteiger partial charge in [-0.15, -0.1) is 0 Å². The molecule has 0 saturated carbocycles. The van der Waals surface area contributed by atoms with Gasteiger partial charge in [0.25, 0.3) is 0 Å². The number of rotatable bonds is 4. The van der Waals surface area contributed by atoms with Gasteiger partial charge in [-0.1, -0.05) is 47.3 Å². The third-order valence-electron chi connectivity index (χ3n) is 1.26. The van der Waals surface area contributed by atoms with Crippen LogP contribution in [0.4, 0.5) is 0 Å². The van der Waals surface area contributed by atoms with Crippen LogP contribution in [0, 0.1) is 0 Å². The van der Waals surface area contributed by atoms with Gasteiger partial charge in [0.15, 0.2) is 0 Å². The minimum Gasteiger partial charge on any atom is -0.0880 e. The molecule has 0 aromatic carbocycles. The smallest absolute Gasteiger partial charge is 0.0239 e. The van der Waals surface area contributed by atoms with E-state index in [2.05, 4.69) is 35.9 Å². The highest BCUT2D eigenvalue weighted by Crippen LogP contribution is 2.02. The van der Waals surface area contributed by atoms with Gasteiger partial charge >= 0.3 is 0 Å². The van der Waals surface area contributed by atoms with Crippen LogP contribution in [0.1, 0.15) is 33.1 Å². The van der Waals surface area contributed by atoms with Crippen molar-refractivity contribution in [3.63, 3.8) is 0 Å². The summed E-state index contributed by atoms with van der Waals surface area (Å²) < 4.78 is 0. The van der Waals surface area contributed by atoms with Crippen LogP contribution in [0.25, 0.3) is 0 Å². The molecule has 0 rings (SSSR count). The van der Waals surface area contributed by atoms with Gasteiger partial charge < -0.3 is 0 Å². The van der Waals surface area contributed by atoms with Crippen LogP contribution in [0.15, 0.2) is 11.6 Å². The van der Waals surface area contributed by atoms with Gasteiger partial charge in [-0.3, -0.25) is 0 Å². The summed E-state index contributed by atoms with van der Waals surface area (Å²) in [7, 11) is 0. The van der Waals surface area contributed by atoms with Crippen LogP contribution >= 0.6 is 15.9 Å². The molecule has 0 heterocycles. The monoisotopic (exact) mass is 190 g/mol. The lowest BCUT2D eigenvalue weighted by molar-refractivity contribution is 0.811. The first-order valence-corrected chi connectivity index (χ1v) is 4.65. The summed E-state index contributed by atoms with van der Waals surface area (Å²) in [5.74, 6) is 0. The molecule has 0 fully saturated rings. The predicted octanol–water partition coefficient (Wildman–Crippen LogP) is 3.52. The highest BCUT2D eigenvalue weighted by molar-refractivity contribution is 9.09. The zero-order chi connectivity index (χ0) is 7.11. The average molecular weight is 191 g/mol. The van der Waals surface area contributed by atoms with Crippen LogP contribution in [0.5, 0.6) is 0 Å². The topological polar surface area (TPSA) is 0 Å². The Morgan fingerprint density at radius 2 is 2.22 bits per heavy atom. The summed E-state index contributed by atoms with van der Waals surface area (Å²) in [6.07, 6.45) is 6.17. The van der Waals surface area contributed by atoms with E-state index in [4.69, 9.17) is 0 Å². The molecule has 0 nitrogen and oxygen atoms in total. The molecule has 0 aliphatic heterocycles. The van der Waals surface area contributed by atoms with Crippen LogP contribution in [0.3, 0.4) is 0 Å². The Morgan fingerprint density at radius 1 is 1.56 bits per heavy atom. The molecule has 0 spiro atoms. The van der Waals surface area contributed by atoms with Gasteiger partial charge in [0.2, 0.25) is 0 Å². The molecule has 0 amide bonds. The van der Waals surface area contributed by atoms with Gasteiger partial charge in [-0.2, -0.15) is 0 Å². The Labute approximate surface area is 66.5 Å². The lowest BCUT2D eigenvalue weighted by Crippen LogP contribution is -1.75. The van der Waals surface area contributed by atoms with Crippen LogP contribution in [0.2, 0.25) is 0 Å². The van der Waals surface area contributed by atoms with E-state index in [1.807, 2.05) is 0 Å². The zero-order valence-corrected chi connectivity index (χ0v) is 7.87. The van der Waals surface area contributed by atoms with Gasteiger partial charge in [-0.25, -0.2) is 0 Å². The molecule has 0 aromatic heterocycles. The summed E-state index contributed by atoms with van der Waals surface area (Å²) in [6.45, 7) is 4.38. The quantitative estimate of drug-likeness (QED) is 0.362. The normalized spacial score (nSPS) is 12.1. The van der Waals surface area contributed by atoms with E-state index in [0.717, 1.165) is 5.33 Å². The van der Waals surface area contributed by atoms with Crippen molar-refractivity contribution < 1.29 is 0 Å². The van der Waals surface area contributed by atoms with Gasteiger partial charge in [0.05, 0.1) is 0 Å². The van der Waals surface area contributed by atoms with Crippen molar-refractivity contribution >= 4 is 15.9 Å². The van der Waals surface area contributed by atoms with Crippen molar-refractivity contribution in [2.45, 2.75) is 33.1 Å². The Hall–Kier alpha value is 0.220. The molecule has 0 N–H and O–H groups in total. The molecule has 0 atom stereocenters. The van der Waals surface area contributed by atoms with E-state index < -0.39 is 0 Å². The lowest BCUT2D eigenvalue weighted by Gasteiger charge is -1.92. The summed E-state index contributed by atoms with van der Waals surface area (Å²) in [5.41, 5.74) is 1.45. The molecule has 0 unspecified atom stereocenters. The summed E-state index contributed by atoms with van der Waals surface area (Å²) in [4.78, 5) is 0. The minimum atomic E-state index is 1.02. The van der Waals surface area contributed by atoms with E-state index in [-0.39, 0.29) is 0 Å². The highest BCUT2D eigenvalue weighted by atomic mass is 79.9. The second-order valence-corrected chi connectivity index (χ2v) is 2.89. The fourth-order valence-corrected chi connectivity index (χ4v) is 0.836. The largest absolute Gasteiger partial charge is 0.0880 e. The van der Waals surface area contributed by atoms with Gasteiger partial charge in [0, 0.05) is 5.33 Å². The zero-order valence-electron chi connectivity index (χ0n) is 6.28. The fraction of sp³-hybridized carbons (Fsp3) is 0.750. The summed E-state index contributed by atoms with van der Waals surface area (Å²) in [6, 6.07) is 0. The average Bonchev–Trinajstić information content (AvgIpc) is 1.89. The van der Waals surface area contributed by atoms with Gasteiger partial charge in [-0.05, 0) is 13.3 Å². The third kappa shape index (κ3) is 6.10. The van der Waals surface area contributed by atoms with Crippen molar-refractivity contribution in [1.82, 2.24) is 0 Å². The van der Waals surface area contributed by atoms with Crippen molar-refractivity contribution in [3.05, 3.63) is 11.6 Å². The maximum Gasteiger partial charge on any atom is 0.0239 e. The van der Waals surface area contributed by atoms with Crippen molar-refractivity contribution in [3.8, 4) is 0 Å². The number of allylic oxidation sites excluding steroid dienone is 2. The maximum atomic E-state index is 3.40. The second-order valence-electron chi connectivity index (χ2n) is 2.33. The molecule has 0 aromatic rings. The molecule has 0 radical (unpaired) electrons. The van der Waals surface area contributed by atoms with Crippen molar-refractivity contribution in [1.29, 1.82) is 0 Å². The van der Waals surface area contributed by atoms with Crippen molar-refractivity contribution in [2.24, 2.45) is 0 Å². The number of hydrogen-bond acceptors (Lipinski definition) is 0. The molecule has 0 bridgehead atoms. The third-order valence-corrected chi connectivity index (χ3v) is 2.15. The first-order chi connectivity index (χ1) is 4.31. The van der Waals surface area contributed by atoms with E-state index in [9.17, 15) is 0 Å². The van der Waals surface area contributed by atoms with E-state index in [1.54, 1.807) is 0 Å². The Balaban J connectivity index is 3.21. The first-order valence-electron chi connectivity index (χ1n) is 3.52. The molecule has 0 aliphatic rings. The molecule has 9 heavy (non-hydrogen) atoms. The molecular formula is C8H15Br. The number of halogens is 1. The Kier molecular flexibility index (Phi) is 6.50.